The Hall–Kier alpha value is -1.49. The molecule has 0 heterocycles. The molecule has 1 aromatic carbocycles. The van der Waals surface area contributed by atoms with Crippen LogP contribution >= 0.6 is 0 Å². The summed E-state index contributed by atoms with van der Waals surface area (Å²) in [6.45, 7) is 2.54. The van der Waals surface area contributed by atoms with Crippen LogP contribution in [0.15, 0.2) is 12.1 Å². The molecule has 1 aliphatic rings. The Kier molecular flexibility index (Phi) is 4.70. The van der Waals surface area contributed by atoms with Crippen LogP contribution in [0.3, 0.4) is 0 Å². The molecule has 0 bridgehead atoms. The summed E-state index contributed by atoms with van der Waals surface area (Å²) in [5, 5.41) is 0. The highest BCUT2D eigenvalue weighted by Crippen LogP contribution is 2.27. The Balaban J connectivity index is 2.24. The van der Waals surface area contributed by atoms with Crippen molar-refractivity contribution in [3.8, 4) is 0 Å². The third kappa shape index (κ3) is 2.98. The van der Waals surface area contributed by atoms with Crippen LogP contribution in [0.4, 0.5) is 8.78 Å². The van der Waals surface area contributed by atoms with Gasteiger partial charge < -0.3 is 10.6 Å². The molecule has 110 valence electrons. The van der Waals surface area contributed by atoms with E-state index in [9.17, 15) is 13.6 Å². The third-order valence-corrected chi connectivity index (χ3v) is 3.86. The lowest BCUT2D eigenvalue weighted by Gasteiger charge is -2.37. The van der Waals surface area contributed by atoms with Crippen LogP contribution < -0.4 is 5.73 Å². The zero-order valence-corrected chi connectivity index (χ0v) is 11.7. The molecule has 2 rings (SSSR count). The van der Waals surface area contributed by atoms with Gasteiger partial charge in [0.1, 0.15) is 11.6 Å². The van der Waals surface area contributed by atoms with E-state index in [1.165, 1.54) is 13.0 Å². The molecule has 1 saturated carbocycles. The van der Waals surface area contributed by atoms with Crippen molar-refractivity contribution in [2.45, 2.75) is 38.6 Å². The summed E-state index contributed by atoms with van der Waals surface area (Å²) in [6.07, 6.45) is 3.66. The first kappa shape index (κ1) is 14.9. The minimum atomic E-state index is -0.796. The lowest BCUT2D eigenvalue weighted by molar-refractivity contribution is 0.0573. The third-order valence-electron chi connectivity index (χ3n) is 3.86. The quantitative estimate of drug-likeness (QED) is 0.902. The number of hydrogen-bond acceptors (Lipinski definition) is 2. The van der Waals surface area contributed by atoms with E-state index in [0.717, 1.165) is 25.3 Å². The van der Waals surface area contributed by atoms with Crippen molar-refractivity contribution in [3.63, 3.8) is 0 Å². The van der Waals surface area contributed by atoms with Crippen molar-refractivity contribution in [1.82, 2.24) is 4.90 Å². The van der Waals surface area contributed by atoms with E-state index >= 15 is 0 Å². The molecule has 0 radical (unpaired) electrons. The Labute approximate surface area is 117 Å². The Morgan fingerprint density at radius 3 is 2.60 bits per heavy atom. The number of halogens is 2. The Morgan fingerprint density at radius 1 is 1.35 bits per heavy atom. The van der Waals surface area contributed by atoms with E-state index in [4.69, 9.17) is 5.73 Å². The Bertz CT molecular complexity index is 501. The smallest absolute Gasteiger partial charge is 0.257 e. The van der Waals surface area contributed by atoms with Crippen LogP contribution in [0.2, 0.25) is 0 Å². The van der Waals surface area contributed by atoms with Gasteiger partial charge in [-0.2, -0.15) is 0 Å². The first-order valence-corrected chi connectivity index (χ1v) is 7.01. The number of nitrogens with zero attached hydrogens (tertiary/aromatic N) is 1. The highest BCUT2D eigenvalue weighted by atomic mass is 19.1. The van der Waals surface area contributed by atoms with Gasteiger partial charge >= 0.3 is 0 Å². The van der Waals surface area contributed by atoms with Gasteiger partial charge in [-0.3, -0.25) is 4.79 Å². The first-order valence-electron chi connectivity index (χ1n) is 7.01. The second-order valence-corrected chi connectivity index (χ2v) is 5.31. The maximum Gasteiger partial charge on any atom is 0.257 e. The maximum atomic E-state index is 13.8. The van der Waals surface area contributed by atoms with Crippen molar-refractivity contribution in [1.29, 1.82) is 0 Å². The van der Waals surface area contributed by atoms with Crippen LogP contribution in [0.25, 0.3) is 0 Å². The molecule has 3 nitrogen and oxygen atoms in total. The van der Waals surface area contributed by atoms with Gasteiger partial charge in [0.25, 0.3) is 5.91 Å². The molecule has 1 aromatic rings. The van der Waals surface area contributed by atoms with Crippen molar-refractivity contribution in [2.75, 3.05) is 13.1 Å². The largest absolute Gasteiger partial charge is 0.336 e. The monoisotopic (exact) mass is 282 g/mol. The van der Waals surface area contributed by atoms with E-state index in [-0.39, 0.29) is 23.1 Å². The molecule has 2 N–H and O–H groups in total. The minimum absolute atomic E-state index is 0.0483. The summed E-state index contributed by atoms with van der Waals surface area (Å²) in [5.41, 5.74) is 5.72. The van der Waals surface area contributed by atoms with Crippen LogP contribution in [0.1, 0.15) is 41.6 Å². The van der Waals surface area contributed by atoms with Gasteiger partial charge in [-0.15, -0.1) is 0 Å². The second kappa shape index (κ2) is 6.31. The highest BCUT2D eigenvalue weighted by Gasteiger charge is 2.30. The predicted molar refractivity (Wildman–Crippen MR) is 73.4 cm³/mol. The molecule has 1 amide bonds. The Morgan fingerprint density at radius 2 is 2.05 bits per heavy atom. The minimum Gasteiger partial charge on any atom is -0.336 e. The second-order valence-electron chi connectivity index (χ2n) is 5.31. The fourth-order valence-electron chi connectivity index (χ4n) is 2.39. The number of hydrogen-bond donors (Lipinski definition) is 1. The molecule has 0 aliphatic heterocycles. The zero-order chi connectivity index (χ0) is 14.7. The lowest BCUT2D eigenvalue weighted by Crippen LogP contribution is -2.45. The van der Waals surface area contributed by atoms with E-state index in [1.807, 2.05) is 0 Å². The summed E-state index contributed by atoms with van der Waals surface area (Å²) < 4.78 is 27.1. The van der Waals surface area contributed by atoms with E-state index in [0.29, 0.717) is 19.5 Å². The van der Waals surface area contributed by atoms with Gasteiger partial charge in [0, 0.05) is 18.7 Å². The average Bonchev–Trinajstić information content (AvgIpc) is 2.35. The summed E-state index contributed by atoms with van der Waals surface area (Å²) in [7, 11) is 0. The maximum absolute atomic E-state index is 13.8. The molecule has 0 saturated heterocycles. The average molecular weight is 282 g/mol. The van der Waals surface area contributed by atoms with Crippen molar-refractivity contribution in [3.05, 3.63) is 34.9 Å². The number of carbonyl (C=O) groups is 1. The lowest BCUT2D eigenvalue weighted by atomic mass is 9.90. The molecular weight excluding hydrogens is 262 g/mol. The topological polar surface area (TPSA) is 46.3 Å². The van der Waals surface area contributed by atoms with Gasteiger partial charge in [0.05, 0.1) is 5.56 Å². The zero-order valence-electron chi connectivity index (χ0n) is 11.7. The van der Waals surface area contributed by atoms with Crippen molar-refractivity contribution in [2.24, 2.45) is 5.73 Å². The summed E-state index contributed by atoms with van der Waals surface area (Å²) >= 11 is 0. The normalized spacial score (nSPS) is 15.0. The van der Waals surface area contributed by atoms with Gasteiger partial charge in [-0.1, -0.05) is 0 Å². The van der Waals surface area contributed by atoms with Gasteiger partial charge in [0.2, 0.25) is 0 Å². The van der Waals surface area contributed by atoms with Gasteiger partial charge in [-0.05, 0) is 50.8 Å². The van der Waals surface area contributed by atoms with E-state index in [1.54, 1.807) is 4.90 Å². The summed E-state index contributed by atoms with van der Waals surface area (Å²) in [5.74, 6) is -1.78. The molecule has 0 spiro atoms. The molecular formula is C15H20F2N2O. The van der Waals surface area contributed by atoms with Crippen molar-refractivity contribution < 1.29 is 13.6 Å². The van der Waals surface area contributed by atoms with Gasteiger partial charge in [0.15, 0.2) is 0 Å². The van der Waals surface area contributed by atoms with E-state index in [2.05, 4.69) is 0 Å². The van der Waals surface area contributed by atoms with Crippen LogP contribution in [0.5, 0.6) is 0 Å². The number of aryl methyl sites for hydroxylation is 1. The molecule has 1 aliphatic carbocycles. The van der Waals surface area contributed by atoms with Gasteiger partial charge in [-0.25, -0.2) is 8.78 Å². The highest BCUT2D eigenvalue weighted by molar-refractivity contribution is 5.95. The fraction of sp³-hybridized carbons (Fsp3) is 0.533. The summed E-state index contributed by atoms with van der Waals surface area (Å²) in [6, 6.07) is 2.24. The van der Waals surface area contributed by atoms with E-state index < -0.39 is 11.6 Å². The molecule has 1 fully saturated rings. The van der Waals surface area contributed by atoms with Crippen LogP contribution in [0, 0.1) is 18.6 Å². The molecule has 20 heavy (non-hydrogen) atoms. The standard InChI is InChI=1S/C15H20F2N2O/c1-10-8-12(14(17)9-13(10)16)15(20)19(7-3-6-18)11-4-2-5-11/h8-9,11H,2-7,18H2,1H3. The van der Waals surface area contributed by atoms with Crippen LogP contribution in [-0.4, -0.2) is 29.9 Å². The van der Waals surface area contributed by atoms with Crippen LogP contribution in [-0.2, 0) is 0 Å². The fourth-order valence-corrected chi connectivity index (χ4v) is 2.39. The number of carbonyl (C=O) groups excluding carboxylic acids is 1. The number of nitrogens with two attached hydrogens (primary N) is 1. The molecule has 5 heteroatoms. The number of amides is 1. The van der Waals surface area contributed by atoms with Crippen molar-refractivity contribution >= 4 is 5.91 Å². The SMILES string of the molecule is Cc1cc(C(=O)N(CCCN)C2CCC2)c(F)cc1F. The molecule has 0 unspecified atom stereocenters. The summed E-state index contributed by atoms with van der Waals surface area (Å²) in [4.78, 5) is 14.2. The predicted octanol–water partition coefficient (Wildman–Crippen LogP) is 2.62. The number of benzene rings is 1. The molecule has 0 atom stereocenters. The molecule has 0 aromatic heterocycles. The number of rotatable bonds is 5. The first-order chi connectivity index (χ1) is 9.54.